The summed E-state index contributed by atoms with van der Waals surface area (Å²) in [6.07, 6.45) is 0. The van der Waals surface area contributed by atoms with Crippen molar-refractivity contribution < 1.29 is 4.74 Å². The number of fused-ring (bicyclic) bond motifs is 3. The molecule has 0 saturated heterocycles. The summed E-state index contributed by atoms with van der Waals surface area (Å²) in [5, 5.41) is 9.62. The van der Waals surface area contributed by atoms with E-state index in [2.05, 4.69) is 65.5 Å². The van der Waals surface area contributed by atoms with Gasteiger partial charge in [0.2, 0.25) is 0 Å². The van der Waals surface area contributed by atoms with Crippen molar-refractivity contribution in [1.82, 2.24) is 29.9 Å². The van der Waals surface area contributed by atoms with E-state index in [1.807, 2.05) is 164 Å². The summed E-state index contributed by atoms with van der Waals surface area (Å²) in [6, 6.07) is 77.8. The molecule has 0 radical (unpaired) electrons. The standard InChI is InChI=1S/C63H38N8O/c1-65-52-32-34-53-54-33-31-46(38-56(54)72-63(55(53)39-52,50-23-13-5-14-24-50)51-25-15-6-16-26-51)47-35-48(61-68-57(42-17-7-2-8-18-42)66-58(69-61)43-19-9-3-10-20-43)37-49(36-47)62-70-59(44-21-11-4-12-22-44)67-60(71-62)45-29-27-41(40-64)28-30-45/h2-39H. The summed E-state index contributed by atoms with van der Waals surface area (Å²) in [5.41, 5.74) is 10.9. The van der Waals surface area contributed by atoms with Crippen LogP contribution in [0.2, 0.25) is 0 Å². The van der Waals surface area contributed by atoms with Gasteiger partial charge in [-0.1, -0.05) is 176 Å². The second-order valence-electron chi connectivity index (χ2n) is 17.3. The Bertz CT molecular complexity index is 3800. The maximum atomic E-state index is 9.62. The van der Waals surface area contributed by atoms with Crippen LogP contribution < -0.4 is 4.74 Å². The molecule has 11 aromatic rings. The third-order valence-corrected chi connectivity index (χ3v) is 12.8. The first-order valence-electron chi connectivity index (χ1n) is 23.3. The van der Waals surface area contributed by atoms with Gasteiger partial charge in [-0.05, 0) is 71.3 Å². The van der Waals surface area contributed by atoms with Gasteiger partial charge in [0.15, 0.2) is 46.2 Å². The first-order chi connectivity index (χ1) is 35.5. The van der Waals surface area contributed by atoms with Gasteiger partial charge in [-0.15, -0.1) is 0 Å². The lowest BCUT2D eigenvalue weighted by Gasteiger charge is -2.41. The average molecular weight is 923 g/mol. The van der Waals surface area contributed by atoms with Gasteiger partial charge in [0, 0.05) is 55.6 Å². The van der Waals surface area contributed by atoms with Crippen molar-refractivity contribution in [2.75, 3.05) is 0 Å². The Morgan fingerprint density at radius 1 is 0.375 bits per heavy atom. The van der Waals surface area contributed by atoms with E-state index in [4.69, 9.17) is 41.2 Å². The minimum absolute atomic E-state index is 0.429. The minimum atomic E-state index is -1.09. The second-order valence-corrected chi connectivity index (χ2v) is 17.3. The Labute approximate surface area is 416 Å². The third kappa shape index (κ3) is 7.99. The molecule has 2 aromatic heterocycles. The zero-order valence-electron chi connectivity index (χ0n) is 38.4. The van der Waals surface area contributed by atoms with Crippen molar-refractivity contribution in [2.45, 2.75) is 5.60 Å². The minimum Gasteiger partial charge on any atom is -0.472 e. The van der Waals surface area contributed by atoms with Gasteiger partial charge in [0.05, 0.1) is 18.2 Å². The fourth-order valence-corrected chi connectivity index (χ4v) is 9.33. The van der Waals surface area contributed by atoms with Crippen LogP contribution in [0.5, 0.6) is 5.75 Å². The van der Waals surface area contributed by atoms with E-state index in [9.17, 15) is 5.26 Å². The molecular weight excluding hydrogens is 885 g/mol. The van der Waals surface area contributed by atoms with Crippen molar-refractivity contribution in [3.63, 3.8) is 0 Å². The predicted octanol–water partition coefficient (Wildman–Crippen LogP) is 14.5. The Hall–Kier alpha value is -10.2. The number of nitriles is 1. The molecule has 0 amide bonds. The molecule has 336 valence electrons. The first kappa shape index (κ1) is 43.1. The summed E-state index contributed by atoms with van der Waals surface area (Å²) in [7, 11) is 0. The molecule has 0 bridgehead atoms. The molecule has 9 heteroatoms. The van der Waals surface area contributed by atoms with Crippen LogP contribution in [0.3, 0.4) is 0 Å². The highest BCUT2D eigenvalue weighted by Crippen LogP contribution is 2.53. The van der Waals surface area contributed by atoms with Crippen LogP contribution in [0.15, 0.2) is 231 Å². The van der Waals surface area contributed by atoms with E-state index < -0.39 is 5.60 Å². The number of hydrogen-bond acceptors (Lipinski definition) is 8. The van der Waals surface area contributed by atoms with Crippen molar-refractivity contribution in [3.05, 3.63) is 264 Å². The van der Waals surface area contributed by atoms with Crippen molar-refractivity contribution in [3.8, 4) is 102 Å². The van der Waals surface area contributed by atoms with Gasteiger partial charge in [-0.3, -0.25) is 0 Å². The van der Waals surface area contributed by atoms with Crippen LogP contribution in [0.4, 0.5) is 5.69 Å². The van der Waals surface area contributed by atoms with Crippen LogP contribution in [-0.4, -0.2) is 29.9 Å². The predicted molar refractivity (Wildman–Crippen MR) is 281 cm³/mol. The van der Waals surface area contributed by atoms with Crippen LogP contribution in [-0.2, 0) is 5.60 Å². The van der Waals surface area contributed by atoms with Gasteiger partial charge < -0.3 is 4.74 Å². The zero-order chi connectivity index (χ0) is 48.4. The summed E-state index contributed by atoms with van der Waals surface area (Å²) >= 11 is 0. The summed E-state index contributed by atoms with van der Waals surface area (Å²) in [4.78, 5) is 34.5. The maximum Gasteiger partial charge on any atom is 0.187 e. The fraction of sp³-hybridized carbons (Fsp3) is 0.0159. The van der Waals surface area contributed by atoms with Crippen LogP contribution >= 0.6 is 0 Å². The monoisotopic (exact) mass is 922 g/mol. The van der Waals surface area contributed by atoms with Crippen molar-refractivity contribution >= 4 is 5.69 Å². The number of benzene rings is 9. The smallest absolute Gasteiger partial charge is 0.187 e. The molecule has 9 aromatic carbocycles. The summed E-state index contributed by atoms with van der Waals surface area (Å²) < 4.78 is 7.50. The number of aromatic nitrogens is 6. The third-order valence-electron chi connectivity index (χ3n) is 12.8. The molecule has 0 aliphatic carbocycles. The summed E-state index contributed by atoms with van der Waals surface area (Å²) in [5.74, 6) is 3.56. The van der Waals surface area contributed by atoms with Crippen molar-refractivity contribution in [2.24, 2.45) is 0 Å². The highest BCUT2D eigenvalue weighted by Gasteiger charge is 2.44. The number of hydrogen-bond donors (Lipinski definition) is 0. The van der Waals surface area contributed by atoms with Crippen LogP contribution in [0.1, 0.15) is 22.3 Å². The maximum absolute atomic E-state index is 9.62. The molecule has 1 aliphatic rings. The molecular formula is C63H38N8O. The van der Waals surface area contributed by atoms with Crippen LogP contribution in [0, 0.1) is 17.9 Å². The Morgan fingerprint density at radius 2 is 0.764 bits per heavy atom. The Balaban J connectivity index is 1.10. The molecule has 12 rings (SSSR count). The molecule has 0 fully saturated rings. The normalized spacial score (nSPS) is 12.1. The molecule has 9 nitrogen and oxygen atoms in total. The average Bonchev–Trinajstić information content (AvgIpc) is 3.47. The largest absolute Gasteiger partial charge is 0.472 e. The van der Waals surface area contributed by atoms with E-state index >= 15 is 0 Å². The fourth-order valence-electron chi connectivity index (χ4n) is 9.33. The van der Waals surface area contributed by atoms with Gasteiger partial charge >= 0.3 is 0 Å². The topological polar surface area (TPSA) is 115 Å². The number of rotatable bonds is 9. The Kier molecular flexibility index (Phi) is 11.0. The lowest BCUT2D eigenvalue weighted by molar-refractivity contribution is 0.152. The molecule has 0 N–H and O–H groups in total. The highest BCUT2D eigenvalue weighted by atomic mass is 16.5. The molecule has 0 unspecified atom stereocenters. The molecule has 3 heterocycles. The van der Waals surface area contributed by atoms with E-state index in [0.29, 0.717) is 63.1 Å². The lowest BCUT2D eigenvalue weighted by atomic mass is 9.75. The van der Waals surface area contributed by atoms with E-state index in [1.165, 1.54) is 0 Å². The lowest BCUT2D eigenvalue weighted by Crippen LogP contribution is -2.38. The molecule has 1 aliphatic heterocycles. The van der Waals surface area contributed by atoms with Crippen molar-refractivity contribution in [1.29, 1.82) is 5.26 Å². The second kappa shape index (κ2) is 18.4. The van der Waals surface area contributed by atoms with Crippen LogP contribution in [0.25, 0.3) is 95.4 Å². The van der Waals surface area contributed by atoms with Gasteiger partial charge in [-0.25, -0.2) is 34.7 Å². The number of nitrogens with zero attached hydrogens (tertiary/aromatic N) is 8. The molecule has 0 saturated carbocycles. The first-order valence-corrected chi connectivity index (χ1v) is 23.3. The quantitative estimate of drug-likeness (QED) is 0.131. The number of ether oxygens (including phenoxy) is 1. The Morgan fingerprint density at radius 3 is 1.21 bits per heavy atom. The SMILES string of the molecule is [C-]#[N+]c1ccc2c(c1)C(c1ccccc1)(c1ccccc1)Oc1cc(-c3cc(-c4nc(-c5ccccc5)nc(-c5ccccc5)n4)cc(-c4nc(-c5ccccc5)nc(-c5ccc(C#N)cc5)n4)c3)ccc1-2. The van der Waals surface area contributed by atoms with E-state index in [0.717, 1.165) is 61.2 Å². The molecule has 0 spiro atoms. The van der Waals surface area contributed by atoms with E-state index in [-0.39, 0.29) is 0 Å². The highest BCUT2D eigenvalue weighted by molar-refractivity contribution is 5.86. The summed E-state index contributed by atoms with van der Waals surface area (Å²) in [6.45, 7) is 8.01. The van der Waals surface area contributed by atoms with Gasteiger partial charge in [0.1, 0.15) is 5.75 Å². The molecule has 72 heavy (non-hydrogen) atoms. The zero-order valence-corrected chi connectivity index (χ0v) is 38.4. The van der Waals surface area contributed by atoms with Gasteiger partial charge in [0.25, 0.3) is 0 Å². The molecule has 0 atom stereocenters. The van der Waals surface area contributed by atoms with E-state index in [1.54, 1.807) is 12.1 Å². The van der Waals surface area contributed by atoms with Gasteiger partial charge in [-0.2, -0.15) is 5.26 Å².